The van der Waals surface area contributed by atoms with Gasteiger partial charge in [0.05, 0.1) is 5.69 Å². The van der Waals surface area contributed by atoms with E-state index in [1.165, 1.54) is 34.9 Å². The molecule has 1 amide bonds. The summed E-state index contributed by atoms with van der Waals surface area (Å²) in [6.07, 6.45) is 5.88. The summed E-state index contributed by atoms with van der Waals surface area (Å²) in [5.74, 6) is -0.156. The second-order valence-electron chi connectivity index (χ2n) is 6.57. The third kappa shape index (κ3) is 3.75. The molecular formula is C18H23N3O2S. The molecule has 0 bridgehead atoms. The van der Waals surface area contributed by atoms with Crippen molar-refractivity contribution in [1.82, 2.24) is 15.1 Å². The zero-order valence-electron chi connectivity index (χ0n) is 14.0. The molecular weight excluding hydrogens is 322 g/mol. The van der Waals surface area contributed by atoms with Gasteiger partial charge in [0, 0.05) is 22.9 Å². The molecule has 24 heavy (non-hydrogen) atoms. The van der Waals surface area contributed by atoms with Crippen LogP contribution in [0.15, 0.2) is 34.4 Å². The number of nitrogens with one attached hydrogen (secondary N) is 1. The van der Waals surface area contributed by atoms with Crippen LogP contribution in [0.3, 0.4) is 0 Å². The number of thiophene rings is 1. The lowest BCUT2D eigenvalue weighted by Gasteiger charge is -2.36. The first-order valence-corrected chi connectivity index (χ1v) is 9.32. The fourth-order valence-corrected chi connectivity index (χ4v) is 4.43. The number of hydrogen-bond acceptors (Lipinski definition) is 4. The lowest BCUT2D eigenvalue weighted by Crippen LogP contribution is -2.43. The van der Waals surface area contributed by atoms with Crippen molar-refractivity contribution in [3.63, 3.8) is 0 Å². The van der Waals surface area contributed by atoms with Crippen LogP contribution in [-0.2, 0) is 16.8 Å². The maximum atomic E-state index is 12.3. The zero-order valence-corrected chi connectivity index (χ0v) is 14.8. The first-order chi connectivity index (χ1) is 11.6. The standard InChI is InChI=1S/C18H23N3O2S/c1-14-7-8-17(23)21(20-14)12-16(22)19-13-18(9-3-2-4-10-18)15-6-5-11-24-15/h5-8,11H,2-4,9-10,12-13H2,1H3,(H,19,22). The summed E-state index contributed by atoms with van der Waals surface area (Å²) in [5, 5.41) is 9.27. The summed E-state index contributed by atoms with van der Waals surface area (Å²) in [4.78, 5) is 25.5. The number of rotatable bonds is 5. The Kier molecular flexibility index (Phi) is 5.14. The van der Waals surface area contributed by atoms with Gasteiger partial charge in [0.1, 0.15) is 6.54 Å². The Labute approximate surface area is 145 Å². The second kappa shape index (κ2) is 7.30. The monoisotopic (exact) mass is 345 g/mol. The number of amides is 1. The van der Waals surface area contributed by atoms with Crippen molar-refractivity contribution in [3.05, 3.63) is 50.6 Å². The van der Waals surface area contributed by atoms with E-state index in [1.54, 1.807) is 17.4 Å². The van der Waals surface area contributed by atoms with Gasteiger partial charge in [-0.05, 0) is 37.3 Å². The van der Waals surface area contributed by atoms with Gasteiger partial charge >= 0.3 is 0 Å². The first-order valence-electron chi connectivity index (χ1n) is 8.45. The molecule has 0 atom stereocenters. The minimum atomic E-state index is -0.249. The van der Waals surface area contributed by atoms with Crippen molar-refractivity contribution in [3.8, 4) is 0 Å². The molecule has 1 N–H and O–H groups in total. The van der Waals surface area contributed by atoms with Crippen LogP contribution in [0.1, 0.15) is 42.7 Å². The summed E-state index contributed by atoms with van der Waals surface area (Å²) in [5.41, 5.74) is 0.527. The van der Waals surface area contributed by atoms with Crippen molar-refractivity contribution < 1.29 is 4.79 Å². The van der Waals surface area contributed by atoms with Gasteiger partial charge in [-0.25, -0.2) is 4.68 Å². The zero-order chi connectivity index (χ0) is 17.0. The number of nitrogens with zero attached hydrogens (tertiary/aromatic N) is 2. The summed E-state index contributed by atoms with van der Waals surface area (Å²) < 4.78 is 1.23. The molecule has 0 radical (unpaired) electrons. The highest BCUT2D eigenvalue weighted by atomic mass is 32.1. The summed E-state index contributed by atoms with van der Waals surface area (Å²) in [6.45, 7) is 2.41. The predicted octanol–water partition coefficient (Wildman–Crippen LogP) is 2.63. The molecule has 2 heterocycles. The van der Waals surface area contributed by atoms with Crippen LogP contribution in [0.5, 0.6) is 0 Å². The Morgan fingerprint density at radius 3 is 2.79 bits per heavy atom. The van der Waals surface area contributed by atoms with E-state index >= 15 is 0 Å². The molecule has 6 heteroatoms. The van der Waals surface area contributed by atoms with Crippen molar-refractivity contribution >= 4 is 17.2 Å². The Hall–Kier alpha value is -1.95. The Morgan fingerprint density at radius 1 is 1.29 bits per heavy atom. The van der Waals surface area contributed by atoms with Crippen molar-refractivity contribution in [1.29, 1.82) is 0 Å². The van der Waals surface area contributed by atoms with E-state index in [-0.39, 0.29) is 23.4 Å². The molecule has 1 aliphatic rings. The molecule has 0 aromatic carbocycles. The highest BCUT2D eigenvalue weighted by Gasteiger charge is 2.35. The lowest BCUT2D eigenvalue weighted by atomic mass is 9.73. The summed E-state index contributed by atoms with van der Waals surface area (Å²) in [6, 6.07) is 7.36. The first kappa shape index (κ1) is 16.9. The highest BCUT2D eigenvalue weighted by molar-refractivity contribution is 7.10. The van der Waals surface area contributed by atoms with E-state index < -0.39 is 0 Å². The molecule has 1 aliphatic carbocycles. The van der Waals surface area contributed by atoms with E-state index in [0.29, 0.717) is 6.54 Å². The van der Waals surface area contributed by atoms with Gasteiger partial charge in [0.15, 0.2) is 0 Å². The van der Waals surface area contributed by atoms with E-state index in [0.717, 1.165) is 18.5 Å². The molecule has 5 nitrogen and oxygen atoms in total. The summed E-state index contributed by atoms with van der Waals surface area (Å²) in [7, 11) is 0. The number of aromatic nitrogens is 2. The van der Waals surface area contributed by atoms with Crippen molar-refractivity contribution in [2.75, 3.05) is 6.54 Å². The largest absolute Gasteiger partial charge is 0.354 e. The van der Waals surface area contributed by atoms with Gasteiger partial charge in [-0.2, -0.15) is 5.10 Å². The van der Waals surface area contributed by atoms with Crippen LogP contribution in [0.25, 0.3) is 0 Å². The molecule has 0 spiro atoms. The highest BCUT2D eigenvalue weighted by Crippen LogP contribution is 2.41. The Morgan fingerprint density at radius 2 is 2.08 bits per heavy atom. The summed E-state index contributed by atoms with van der Waals surface area (Å²) >= 11 is 1.77. The predicted molar refractivity (Wildman–Crippen MR) is 95.3 cm³/mol. The average Bonchev–Trinajstić information content (AvgIpc) is 3.12. The maximum absolute atomic E-state index is 12.3. The third-order valence-electron chi connectivity index (χ3n) is 4.77. The molecule has 2 aromatic rings. The molecule has 0 saturated heterocycles. The number of aryl methyl sites for hydroxylation is 1. The third-order valence-corrected chi connectivity index (χ3v) is 5.89. The minimum absolute atomic E-state index is 0.0268. The molecule has 2 aromatic heterocycles. The van der Waals surface area contributed by atoms with Crippen LogP contribution >= 0.6 is 11.3 Å². The van der Waals surface area contributed by atoms with Crippen LogP contribution in [-0.4, -0.2) is 22.2 Å². The van der Waals surface area contributed by atoms with E-state index in [2.05, 4.69) is 27.9 Å². The van der Waals surface area contributed by atoms with Crippen molar-refractivity contribution in [2.24, 2.45) is 0 Å². The quantitative estimate of drug-likeness (QED) is 0.906. The fraction of sp³-hybridized carbons (Fsp3) is 0.500. The Bertz CT molecular complexity index is 746. The van der Waals surface area contributed by atoms with Gasteiger partial charge in [-0.3, -0.25) is 9.59 Å². The maximum Gasteiger partial charge on any atom is 0.267 e. The number of carbonyl (C=O) groups is 1. The van der Waals surface area contributed by atoms with Gasteiger partial charge in [0.2, 0.25) is 5.91 Å². The average molecular weight is 345 g/mol. The van der Waals surface area contributed by atoms with Gasteiger partial charge in [0.25, 0.3) is 5.56 Å². The Balaban J connectivity index is 1.67. The molecule has 128 valence electrons. The van der Waals surface area contributed by atoms with Gasteiger partial charge in [-0.1, -0.05) is 25.3 Å². The SMILES string of the molecule is Cc1ccc(=O)n(CC(=O)NCC2(c3cccs3)CCCCC2)n1. The second-order valence-corrected chi connectivity index (χ2v) is 7.51. The van der Waals surface area contributed by atoms with Gasteiger partial charge in [-0.15, -0.1) is 11.3 Å². The molecule has 3 rings (SSSR count). The molecule has 1 saturated carbocycles. The van der Waals surface area contributed by atoms with E-state index in [9.17, 15) is 9.59 Å². The lowest BCUT2D eigenvalue weighted by molar-refractivity contribution is -0.122. The molecule has 1 fully saturated rings. The van der Waals surface area contributed by atoms with Crippen molar-refractivity contribution in [2.45, 2.75) is 51.0 Å². The fourth-order valence-electron chi connectivity index (χ4n) is 3.44. The smallest absolute Gasteiger partial charge is 0.267 e. The molecule has 0 aliphatic heterocycles. The molecule has 0 unspecified atom stereocenters. The number of hydrogen-bond donors (Lipinski definition) is 1. The normalized spacial score (nSPS) is 16.7. The minimum Gasteiger partial charge on any atom is -0.354 e. The van der Waals surface area contributed by atoms with Crippen LogP contribution < -0.4 is 10.9 Å². The topological polar surface area (TPSA) is 64.0 Å². The van der Waals surface area contributed by atoms with Crippen LogP contribution in [0.4, 0.5) is 0 Å². The number of carbonyl (C=O) groups excluding carboxylic acids is 1. The van der Waals surface area contributed by atoms with Crippen LogP contribution in [0.2, 0.25) is 0 Å². The van der Waals surface area contributed by atoms with E-state index in [1.807, 2.05) is 6.92 Å². The van der Waals surface area contributed by atoms with Crippen LogP contribution in [0, 0.1) is 6.92 Å². The van der Waals surface area contributed by atoms with E-state index in [4.69, 9.17) is 0 Å². The van der Waals surface area contributed by atoms with Gasteiger partial charge < -0.3 is 5.32 Å².